The Morgan fingerprint density at radius 3 is 2.80 bits per heavy atom. The van der Waals surface area contributed by atoms with Gasteiger partial charge in [-0.2, -0.15) is 8.42 Å². The van der Waals surface area contributed by atoms with E-state index in [2.05, 4.69) is 5.32 Å². The van der Waals surface area contributed by atoms with Crippen LogP contribution in [0.25, 0.3) is 11.0 Å². The van der Waals surface area contributed by atoms with Crippen LogP contribution in [0.5, 0.6) is 0 Å². The topological polar surface area (TPSA) is 88.8 Å². The first-order valence-electron chi connectivity index (χ1n) is 9.52. The first-order valence-corrected chi connectivity index (χ1v) is 11.7. The number of rotatable bonds is 5. The summed E-state index contributed by atoms with van der Waals surface area (Å²) in [7, 11) is -4.30. The Labute approximate surface area is 184 Å². The van der Waals surface area contributed by atoms with Crippen LogP contribution >= 0.6 is 23.2 Å². The van der Waals surface area contributed by atoms with E-state index in [4.69, 9.17) is 32.4 Å². The van der Waals surface area contributed by atoms with Crippen molar-refractivity contribution in [3.05, 3.63) is 63.3 Å². The zero-order valence-electron chi connectivity index (χ0n) is 16.2. The zero-order chi connectivity index (χ0) is 21.5. The highest BCUT2D eigenvalue weighted by atomic mass is 35.5. The predicted molar refractivity (Wildman–Crippen MR) is 116 cm³/mol. The summed E-state index contributed by atoms with van der Waals surface area (Å²) >= 11 is 12.2. The maximum atomic E-state index is 11.8. The second kappa shape index (κ2) is 8.49. The summed E-state index contributed by atoms with van der Waals surface area (Å²) in [6.07, 6.45) is 1.03. The van der Waals surface area contributed by atoms with Gasteiger partial charge < -0.3 is 9.15 Å². The monoisotopic (exact) mass is 469 g/mol. The first-order chi connectivity index (χ1) is 14.2. The van der Waals surface area contributed by atoms with E-state index in [0.29, 0.717) is 29.1 Å². The van der Waals surface area contributed by atoms with Gasteiger partial charge >= 0.3 is 0 Å². The highest BCUT2D eigenvalue weighted by Crippen LogP contribution is 2.35. The molecule has 0 saturated carbocycles. The van der Waals surface area contributed by atoms with Gasteiger partial charge in [0.05, 0.1) is 16.5 Å². The average molecular weight is 470 g/mol. The lowest BCUT2D eigenvalue weighted by Gasteiger charge is -2.31. The number of halogens is 2. The van der Waals surface area contributed by atoms with Crippen LogP contribution in [0.4, 0.5) is 0 Å². The van der Waals surface area contributed by atoms with E-state index in [-0.39, 0.29) is 28.9 Å². The van der Waals surface area contributed by atoms with Gasteiger partial charge in [0.15, 0.2) is 5.22 Å². The molecule has 160 valence electrons. The standard InChI is InChI=1S/C21H21Cl2NO5S/c1-12-2-5-18(30(25,26)27)15(8-12)13-6-7-24-20(9-13)28-11-14-3-4-17(22)16-10-19(23)29-21(14)16/h2-5,8,10,13,20,24H,6-7,9,11H2,1H3,(H,25,26,27). The van der Waals surface area contributed by atoms with Crippen molar-refractivity contribution in [2.45, 2.75) is 43.4 Å². The van der Waals surface area contributed by atoms with Gasteiger partial charge in [-0.3, -0.25) is 9.87 Å². The number of hydrogen-bond acceptors (Lipinski definition) is 5. The van der Waals surface area contributed by atoms with Gasteiger partial charge in [-0.25, -0.2) is 0 Å². The van der Waals surface area contributed by atoms with Crippen LogP contribution in [0.1, 0.15) is 35.4 Å². The largest absolute Gasteiger partial charge is 0.444 e. The van der Waals surface area contributed by atoms with Gasteiger partial charge in [0.2, 0.25) is 0 Å². The molecule has 6 nitrogen and oxygen atoms in total. The fraction of sp³-hybridized carbons (Fsp3) is 0.333. The second-order valence-corrected chi connectivity index (χ2v) is 9.66. The van der Waals surface area contributed by atoms with E-state index in [9.17, 15) is 13.0 Å². The minimum atomic E-state index is -4.30. The van der Waals surface area contributed by atoms with E-state index in [1.165, 1.54) is 6.07 Å². The molecule has 2 unspecified atom stereocenters. The lowest BCUT2D eigenvalue weighted by molar-refractivity contribution is -0.00404. The number of furan rings is 1. The minimum absolute atomic E-state index is 0.0385. The number of piperidine rings is 1. The maximum absolute atomic E-state index is 11.8. The number of ether oxygens (including phenoxy) is 1. The highest BCUT2D eigenvalue weighted by Gasteiger charge is 2.28. The summed E-state index contributed by atoms with van der Waals surface area (Å²) in [4.78, 5) is -0.0385. The Morgan fingerprint density at radius 2 is 2.03 bits per heavy atom. The van der Waals surface area contributed by atoms with Gasteiger partial charge in [-0.05, 0) is 61.5 Å². The summed E-state index contributed by atoms with van der Waals surface area (Å²) < 4.78 is 44.9. The fourth-order valence-electron chi connectivity index (χ4n) is 3.93. The molecule has 0 amide bonds. The van der Waals surface area contributed by atoms with Crippen molar-refractivity contribution in [3.63, 3.8) is 0 Å². The van der Waals surface area contributed by atoms with Crippen molar-refractivity contribution in [2.24, 2.45) is 0 Å². The lowest BCUT2D eigenvalue weighted by atomic mass is 9.88. The molecule has 1 saturated heterocycles. The number of nitrogens with one attached hydrogen (secondary N) is 1. The molecular formula is C21H21Cl2NO5S. The van der Waals surface area contributed by atoms with Gasteiger partial charge in [0.1, 0.15) is 11.8 Å². The van der Waals surface area contributed by atoms with E-state index >= 15 is 0 Å². The fourth-order valence-corrected chi connectivity index (χ4v) is 5.08. The molecule has 2 heterocycles. The van der Waals surface area contributed by atoms with E-state index in [1.54, 1.807) is 18.2 Å². The van der Waals surface area contributed by atoms with Crippen LogP contribution in [0.2, 0.25) is 10.2 Å². The molecule has 0 aliphatic carbocycles. The Bertz CT molecular complexity index is 1190. The van der Waals surface area contributed by atoms with Gasteiger partial charge in [-0.15, -0.1) is 0 Å². The molecule has 9 heteroatoms. The van der Waals surface area contributed by atoms with E-state index < -0.39 is 10.1 Å². The molecule has 3 aromatic rings. The molecule has 0 bridgehead atoms. The van der Waals surface area contributed by atoms with E-state index in [1.807, 2.05) is 19.1 Å². The smallest absolute Gasteiger partial charge is 0.294 e. The van der Waals surface area contributed by atoms with Crippen LogP contribution in [0, 0.1) is 6.92 Å². The second-order valence-electron chi connectivity index (χ2n) is 7.49. The molecule has 2 aromatic carbocycles. The molecule has 4 rings (SSSR count). The molecule has 0 spiro atoms. The van der Waals surface area contributed by atoms with Crippen LogP contribution in [-0.4, -0.2) is 25.7 Å². The average Bonchev–Trinajstić information content (AvgIpc) is 3.09. The molecule has 1 aliphatic rings. The third-order valence-corrected chi connectivity index (χ3v) is 6.81. The summed E-state index contributed by atoms with van der Waals surface area (Å²) in [6.45, 7) is 2.84. The van der Waals surface area contributed by atoms with Crippen LogP contribution in [-0.2, 0) is 21.5 Å². The van der Waals surface area contributed by atoms with Crippen LogP contribution in [0.3, 0.4) is 0 Å². The Morgan fingerprint density at radius 1 is 1.23 bits per heavy atom. The molecule has 1 aliphatic heterocycles. The number of fused-ring (bicyclic) bond motifs is 1. The van der Waals surface area contributed by atoms with Crippen molar-refractivity contribution in [2.75, 3.05) is 6.54 Å². The zero-order valence-corrected chi connectivity index (χ0v) is 18.5. The Kier molecular flexibility index (Phi) is 6.12. The molecule has 1 fully saturated rings. The molecule has 1 aromatic heterocycles. The van der Waals surface area contributed by atoms with Gasteiger partial charge in [-0.1, -0.05) is 35.4 Å². The highest BCUT2D eigenvalue weighted by molar-refractivity contribution is 7.85. The molecule has 0 radical (unpaired) electrons. The van der Waals surface area contributed by atoms with Crippen LogP contribution in [0.15, 0.2) is 45.7 Å². The summed E-state index contributed by atoms with van der Waals surface area (Å²) in [5.41, 5.74) is 2.97. The predicted octanol–water partition coefficient (Wildman–Crippen LogP) is 5.30. The van der Waals surface area contributed by atoms with Crippen molar-refractivity contribution in [1.82, 2.24) is 5.32 Å². The number of hydrogen-bond donors (Lipinski definition) is 2. The van der Waals surface area contributed by atoms with Gasteiger partial charge in [0, 0.05) is 17.0 Å². The molecule has 2 atom stereocenters. The Balaban J connectivity index is 1.52. The maximum Gasteiger partial charge on any atom is 0.294 e. The molecular weight excluding hydrogens is 449 g/mol. The van der Waals surface area contributed by atoms with Crippen molar-refractivity contribution >= 4 is 44.3 Å². The summed E-state index contributed by atoms with van der Waals surface area (Å²) in [5.74, 6) is -0.0589. The minimum Gasteiger partial charge on any atom is -0.444 e. The summed E-state index contributed by atoms with van der Waals surface area (Å²) in [5, 5.41) is 4.85. The SMILES string of the molecule is Cc1ccc(S(=O)(=O)O)c(C2CCNC(OCc3ccc(Cl)c4cc(Cl)oc34)C2)c1. The number of benzene rings is 2. The Hall–Kier alpha value is -1.61. The van der Waals surface area contributed by atoms with Gasteiger partial charge in [0.25, 0.3) is 10.1 Å². The molecule has 2 N–H and O–H groups in total. The first kappa shape index (κ1) is 21.6. The van der Waals surface area contributed by atoms with Crippen molar-refractivity contribution in [3.8, 4) is 0 Å². The quantitative estimate of drug-likeness (QED) is 0.492. The number of aryl methyl sites for hydroxylation is 1. The van der Waals surface area contributed by atoms with Crippen molar-refractivity contribution in [1.29, 1.82) is 0 Å². The summed E-state index contributed by atoms with van der Waals surface area (Å²) in [6, 6.07) is 10.2. The van der Waals surface area contributed by atoms with Crippen molar-refractivity contribution < 1.29 is 22.1 Å². The lowest BCUT2D eigenvalue weighted by Crippen LogP contribution is -2.39. The van der Waals surface area contributed by atoms with Crippen LogP contribution < -0.4 is 5.32 Å². The van der Waals surface area contributed by atoms with E-state index in [0.717, 1.165) is 22.9 Å². The third-order valence-electron chi connectivity index (χ3n) is 5.37. The molecule has 30 heavy (non-hydrogen) atoms. The normalized spacial score (nSPS) is 20.0. The third kappa shape index (κ3) is 4.51.